The van der Waals surface area contributed by atoms with Crippen LogP contribution in [-0.2, 0) is 18.0 Å². The number of ether oxygens (including phenoxy) is 1. The molecule has 1 aliphatic rings. The lowest BCUT2D eigenvalue weighted by molar-refractivity contribution is -0.473. The molecule has 3 N–H and O–H groups in total. The van der Waals surface area contributed by atoms with E-state index < -0.39 is 60.0 Å². The van der Waals surface area contributed by atoms with Gasteiger partial charge in [0.1, 0.15) is 11.6 Å². The van der Waals surface area contributed by atoms with Crippen LogP contribution in [0, 0.1) is 12.7 Å². The molecule has 1 aliphatic heterocycles. The number of alkyl halides is 5. The molecule has 0 aromatic carbocycles. The van der Waals surface area contributed by atoms with Crippen molar-refractivity contribution in [2.75, 3.05) is 11.9 Å². The van der Waals surface area contributed by atoms with E-state index in [4.69, 9.17) is 0 Å². The lowest BCUT2D eigenvalue weighted by atomic mass is 10.0. The number of rotatable bonds is 5. The van der Waals surface area contributed by atoms with E-state index in [0.29, 0.717) is 11.9 Å². The molecule has 3 aromatic rings. The lowest BCUT2D eigenvalue weighted by Gasteiger charge is -2.50. The monoisotopic (exact) mass is 561 g/mol. The first-order valence-electron chi connectivity index (χ1n) is 11.2. The van der Waals surface area contributed by atoms with E-state index >= 15 is 0 Å². The molecule has 1 fully saturated rings. The van der Waals surface area contributed by atoms with E-state index in [9.17, 15) is 41.4 Å². The molecule has 3 aromatic heterocycles. The van der Waals surface area contributed by atoms with Crippen LogP contribution in [0.4, 0.5) is 32.2 Å². The number of aryl methyl sites for hydroxylation is 1. The third-order valence-corrected chi connectivity index (χ3v) is 6.11. The fraction of sp³-hybridized carbons (Fsp3) is 0.409. The molecule has 1 amide bonds. The third kappa shape index (κ3) is 5.11. The number of aromatic nitrogens is 5. The van der Waals surface area contributed by atoms with Crippen molar-refractivity contribution in [2.24, 2.45) is 7.05 Å². The molecular weight excluding hydrogens is 540 g/mol. The maximum Gasteiger partial charge on any atom is 0.434 e. The number of amides is 1. The molecule has 4 heterocycles. The highest BCUT2D eigenvalue weighted by molar-refractivity contribution is 5.99. The van der Waals surface area contributed by atoms with Crippen LogP contribution >= 0.6 is 0 Å². The van der Waals surface area contributed by atoms with Gasteiger partial charge in [0.15, 0.2) is 11.4 Å². The second-order valence-corrected chi connectivity index (χ2v) is 8.68. The Kier molecular flexibility index (Phi) is 7.03. The zero-order valence-corrected chi connectivity index (χ0v) is 20.4. The number of aliphatic hydroxyl groups is 2. The SMILES string of the molecule is Cc1c(-c2ccc(F)cn2)c(C(=O)N2C(CNc3cnc(C(F)(F)F)cn3)C(C)OC(F)(F)C2(O)O)nn1C. The van der Waals surface area contributed by atoms with Crippen LogP contribution in [0.25, 0.3) is 11.3 Å². The summed E-state index contributed by atoms with van der Waals surface area (Å²) in [5.74, 6) is -6.47. The Hall–Kier alpha value is -3.83. The number of nitrogens with zero attached hydrogens (tertiary/aromatic N) is 6. The van der Waals surface area contributed by atoms with E-state index in [0.717, 1.165) is 25.4 Å². The Labute approximate surface area is 216 Å². The highest BCUT2D eigenvalue weighted by atomic mass is 19.4. The first-order valence-corrected chi connectivity index (χ1v) is 11.2. The number of hydrogen-bond donors (Lipinski definition) is 3. The number of nitrogens with one attached hydrogen (secondary N) is 1. The molecule has 0 radical (unpaired) electrons. The lowest BCUT2D eigenvalue weighted by Crippen LogP contribution is -2.74. The molecule has 11 nitrogen and oxygen atoms in total. The van der Waals surface area contributed by atoms with Gasteiger partial charge < -0.3 is 20.3 Å². The molecule has 1 saturated heterocycles. The minimum atomic E-state index is -4.75. The molecule has 0 spiro atoms. The minimum absolute atomic E-state index is 0.0149. The summed E-state index contributed by atoms with van der Waals surface area (Å²) in [5, 5.41) is 27.5. The molecule has 0 saturated carbocycles. The van der Waals surface area contributed by atoms with Gasteiger partial charge in [-0.05, 0) is 26.0 Å². The summed E-state index contributed by atoms with van der Waals surface area (Å²) < 4.78 is 86.8. The molecule has 17 heteroatoms. The summed E-state index contributed by atoms with van der Waals surface area (Å²) in [5.41, 5.74) is -1.40. The van der Waals surface area contributed by atoms with Gasteiger partial charge in [0.05, 0.1) is 42.0 Å². The Morgan fingerprint density at radius 3 is 2.41 bits per heavy atom. The van der Waals surface area contributed by atoms with Gasteiger partial charge in [0, 0.05) is 19.3 Å². The van der Waals surface area contributed by atoms with E-state index in [2.05, 4.69) is 30.1 Å². The topological polar surface area (TPSA) is 139 Å². The summed E-state index contributed by atoms with van der Waals surface area (Å²) in [6.45, 7) is 2.11. The Balaban J connectivity index is 1.73. The zero-order valence-electron chi connectivity index (χ0n) is 20.4. The summed E-state index contributed by atoms with van der Waals surface area (Å²) in [6, 6.07) is 0.724. The average molecular weight is 561 g/mol. The molecule has 2 atom stereocenters. The number of pyridine rings is 1. The molecule has 0 bridgehead atoms. The number of anilines is 1. The van der Waals surface area contributed by atoms with Crippen LogP contribution in [0.15, 0.2) is 30.7 Å². The largest absolute Gasteiger partial charge is 0.434 e. The van der Waals surface area contributed by atoms with Crippen molar-refractivity contribution >= 4 is 11.7 Å². The van der Waals surface area contributed by atoms with Crippen LogP contribution in [-0.4, -0.2) is 76.5 Å². The normalized spacial score (nSPS) is 20.6. The smallest absolute Gasteiger partial charge is 0.367 e. The predicted octanol–water partition coefficient (Wildman–Crippen LogP) is 2.31. The van der Waals surface area contributed by atoms with Gasteiger partial charge in [-0.1, -0.05) is 0 Å². The highest BCUT2D eigenvalue weighted by Crippen LogP contribution is 2.41. The fourth-order valence-corrected chi connectivity index (χ4v) is 4.00. The van der Waals surface area contributed by atoms with Crippen molar-refractivity contribution < 1.29 is 46.1 Å². The van der Waals surface area contributed by atoms with Gasteiger partial charge in [0.25, 0.3) is 5.91 Å². The minimum Gasteiger partial charge on any atom is -0.367 e. The number of hydrogen-bond acceptors (Lipinski definition) is 9. The molecule has 4 rings (SSSR count). The number of carbonyl (C=O) groups excluding carboxylic acids is 1. The van der Waals surface area contributed by atoms with Crippen LogP contribution in [0.1, 0.15) is 28.8 Å². The van der Waals surface area contributed by atoms with Crippen molar-refractivity contribution in [1.82, 2.24) is 29.6 Å². The van der Waals surface area contributed by atoms with Crippen molar-refractivity contribution in [2.45, 2.75) is 44.2 Å². The second-order valence-electron chi connectivity index (χ2n) is 8.68. The zero-order chi connectivity index (χ0) is 28.9. The number of carbonyl (C=O) groups is 1. The molecule has 210 valence electrons. The van der Waals surface area contributed by atoms with Crippen LogP contribution < -0.4 is 5.32 Å². The fourth-order valence-electron chi connectivity index (χ4n) is 4.00. The van der Waals surface area contributed by atoms with Crippen molar-refractivity contribution in [3.63, 3.8) is 0 Å². The Bertz CT molecular complexity index is 1360. The first-order chi connectivity index (χ1) is 18.0. The maximum atomic E-state index is 14.7. The first kappa shape index (κ1) is 28.2. The summed E-state index contributed by atoms with van der Waals surface area (Å²) >= 11 is 0. The quantitative estimate of drug-likeness (QED) is 0.317. The summed E-state index contributed by atoms with van der Waals surface area (Å²) in [7, 11) is 1.43. The van der Waals surface area contributed by atoms with E-state index in [1.54, 1.807) is 0 Å². The van der Waals surface area contributed by atoms with Gasteiger partial charge in [-0.25, -0.2) is 14.4 Å². The molecule has 2 unspecified atom stereocenters. The van der Waals surface area contributed by atoms with Crippen LogP contribution in [0.3, 0.4) is 0 Å². The third-order valence-electron chi connectivity index (χ3n) is 6.11. The second kappa shape index (κ2) is 9.73. The molecular formula is C22H21F6N7O4. The number of morpholine rings is 1. The molecule has 39 heavy (non-hydrogen) atoms. The van der Waals surface area contributed by atoms with Gasteiger partial charge >= 0.3 is 18.2 Å². The van der Waals surface area contributed by atoms with E-state index in [1.165, 1.54) is 24.7 Å². The van der Waals surface area contributed by atoms with Gasteiger partial charge in [0.2, 0.25) is 0 Å². The summed E-state index contributed by atoms with van der Waals surface area (Å²) in [6.07, 6.45) is -8.93. The van der Waals surface area contributed by atoms with Crippen LogP contribution in [0.2, 0.25) is 0 Å². The Morgan fingerprint density at radius 1 is 1.15 bits per heavy atom. The van der Waals surface area contributed by atoms with Gasteiger partial charge in [-0.3, -0.25) is 19.4 Å². The van der Waals surface area contributed by atoms with Crippen LogP contribution in [0.5, 0.6) is 0 Å². The standard InChI is InChI=1S/C22H21F6N7O4/c1-10-17(13-5-4-12(23)6-29-13)18(33-34(10)3)19(36)35-14(11(2)39-21(27,28)22(35,37)38)7-31-16-9-30-15(8-32-16)20(24,25)26/h4-6,8-9,11,14,37-38H,7H2,1-3H3,(H,31,32). The Morgan fingerprint density at radius 2 is 1.85 bits per heavy atom. The number of halogens is 6. The van der Waals surface area contributed by atoms with Crippen molar-refractivity contribution in [1.29, 1.82) is 0 Å². The van der Waals surface area contributed by atoms with Crippen molar-refractivity contribution in [3.05, 3.63) is 53.6 Å². The van der Waals surface area contributed by atoms with E-state index in [1.807, 2.05) is 0 Å². The average Bonchev–Trinajstić information content (AvgIpc) is 3.14. The van der Waals surface area contributed by atoms with Gasteiger partial charge in [-0.15, -0.1) is 0 Å². The predicted molar refractivity (Wildman–Crippen MR) is 119 cm³/mol. The molecule has 0 aliphatic carbocycles. The highest BCUT2D eigenvalue weighted by Gasteiger charge is 2.66. The van der Waals surface area contributed by atoms with Crippen molar-refractivity contribution in [3.8, 4) is 11.3 Å². The summed E-state index contributed by atoms with van der Waals surface area (Å²) in [4.78, 5) is 24.5. The van der Waals surface area contributed by atoms with Gasteiger partial charge in [-0.2, -0.15) is 27.1 Å². The maximum absolute atomic E-state index is 14.7. The van der Waals surface area contributed by atoms with E-state index in [-0.39, 0.29) is 22.0 Å².